The average Bonchev–Trinajstić information content (AvgIpc) is 3.32. The van der Waals surface area contributed by atoms with Crippen LogP contribution in [0.25, 0.3) is 4.96 Å². The van der Waals surface area contributed by atoms with Gasteiger partial charge in [0.15, 0.2) is 0 Å². The molecule has 0 radical (unpaired) electrons. The van der Waals surface area contributed by atoms with E-state index in [4.69, 9.17) is 0 Å². The number of nitrogens with one attached hydrogen (secondary N) is 1. The summed E-state index contributed by atoms with van der Waals surface area (Å²) in [4.78, 5) is 31.9. The number of hydrogen-bond acceptors (Lipinski definition) is 5. The van der Waals surface area contributed by atoms with Crippen LogP contribution < -0.4 is 10.2 Å². The molecule has 1 aliphatic rings. The minimum absolute atomic E-state index is 0.0142. The molecule has 146 valence electrons. The van der Waals surface area contributed by atoms with Crippen molar-refractivity contribution in [1.82, 2.24) is 19.9 Å². The first kappa shape index (κ1) is 18.6. The molecule has 1 aromatic carbocycles. The van der Waals surface area contributed by atoms with Gasteiger partial charge in [0.25, 0.3) is 0 Å². The van der Waals surface area contributed by atoms with Crippen LogP contribution in [0.1, 0.15) is 42.5 Å². The predicted molar refractivity (Wildman–Crippen MR) is 108 cm³/mol. The molecule has 2 aromatic heterocycles. The van der Waals surface area contributed by atoms with Gasteiger partial charge < -0.3 is 10.2 Å². The molecule has 1 atom stereocenters. The molecule has 1 saturated heterocycles. The van der Waals surface area contributed by atoms with E-state index in [9.17, 15) is 9.59 Å². The van der Waals surface area contributed by atoms with Crippen LogP contribution in [0.3, 0.4) is 0 Å². The number of fused-ring (bicyclic) bond motifs is 1. The van der Waals surface area contributed by atoms with E-state index in [2.05, 4.69) is 29.2 Å². The van der Waals surface area contributed by atoms with Crippen molar-refractivity contribution in [2.75, 3.05) is 11.4 Å². The van der Waals surface area contributed by atoms with Crippen molar-refractivity contribution in [3.8, 4) is 0 Å². The highest BCUT2D eigenvalue weighted by molar-refractivity contribution is 7.16. The summed E-state index contributed by atoms with van der Waals surface area (Å²) in [5, 5.41) is 8.17. The summed E-state index contributed by atoms with van der Waals surface area (Å²) in [6.07, 6.45) is 2.05. The summed E-state index contributed by atoms with van der Waals surface area (Å²) in [5.74, 6) is -0.0321. The molecule has 3 aromatic rings. The average molecular weight is 398 g/mol. The van der Waals surface area contributed by atoms with Gasteiger partial charge in [0.2, 0.25) is 16.8 Å². The molecule has 0 saturated carbocycles. The lowest BCUT2D eigenvalue weighted by Gasteiger charge is -2.17. The van der Waals surface area contributed by atoms with Gasteiger partial charge >= 0.3 is 0 Å². The number of hydrogen-bond donors (Lipinski definition) is 1. The van der Waals surface area contributed by atoms with Crippen molar-refractivity contribution in [2.45, 2.75) is 39.7 Å². The number of rotatable bonds is 5. The quantitative estimate of drug-likeness (QED) is 0.718. The number of amides is 2. The zero-order chi connectivity index (χ0) is 19.8. The SMILES string of the molecule is Cc1nn2cc(CNC(=O)C3CC(=O)N(c4ccc(C(C)C)cc4)C3)nc2s1. The monoisotopic (exact) mass is 397 g/mol. The summed E-state index contributed by atoms with van der Waals surface area (Å²) < 4.78 is 1.73. The predicted octanol–water partition coefficient (Wildman–Crippen LogP) is 2.89. The van der Waals surface area contributed by atoms with E-state index >= 15 is 0 Å². The van der Waals surface area contributed by atoms with Crippen LogP contribution in [0, 0.1) is 12.8 Å². The van der Waals surface area contributed by atoms with E-state index in [1.54, 1.807) is 9.42 Å². The van der Waals surface area contributed by atoms with E-state index in [-0.39, 0.29) is 24.2 Å². The molecule has 2 amide bonds. The van der Waals surface area contributed by atoms with Crippen LogP contribution in [0.5, 0.6) is 0 Å². The standard InChI is InChI=1S/C20H23N5O2S/c1-12(2)14-4-6-17(7-5-14)24-10-15(8-18(24)26)19(27)21-9-16-11-25-20(22-16)28-13(3)23-25/h4-7,11-12,15H,8-10H2,1-3H3,(H,21,27). The first-order valence-electron chi connectivity index (χ1n) is 9.40. The summed E-state index contributed by atoms with van der Waals surface area (Å²) >= 11 is 1.51. The molecule has 1 aliphatic heterocycles. The second-order valence-corrected chi connectivity index (χ2v) is 8.61. The van der Waals surface area contributed by atoms with Gasteiger partial charge in [-0.3, -0.25) is 9.59 Å². The number of nitrogens with zero attached hydrogens (tertiary/aromatic N) is 4. The Hall–Kier alpha value is -2.74. The maximum Gasteiger partial charge on any atom is 0.227 e. The van der Waals surface area contributed by atoms with Crippen LogP contribution >= 0.6 is 11.3 Å². The highest BCUT2D eigenvalue weighted by Crippen LogP contribution is 2.27. The molecule has 7 nitrogen and oxygen atoms in total. The molecular formula is C20H23N5O2S. The van der Waals surface area contributed by atoms with Gasteiger partial charge in [0, 0.05) is 18.7 Å². The van der Waals surface area contributed by atoms with Gasteiger partial charge in [-0.2, -0.15) is 5.10 Å². The fraction of sp³-hybridized carbons (Fsp3) is 0.400. The third kappa shape index (κ3) is 3.64. The van der Waals surface area contributed by atoms with Gasteiger partial charge in [-0.1, -0.05) is 37.3 Å². The zero-order valence-electron chi connectivity index (χ0n) is 16.2. The van der Waals surface area contributed by atoms with E-state index in [0.29, 0.717) is 19.0 Å². The Morgan fingerprint density at radius 2 is 2.07 bits per heavy atom. The summed E-state index contributed by atoms with van der Waals surface area (Å²) in [6, 6.07) is 8.00. The minimum Gasteiger partial charge on any atom is -0.350 e. The van der Waals surface area contributed by atoms with Crippen molar-refractivity contribution in [3.05, 3.63) is 46.7 Å². The topological polar surface area (TPSA) is 79.6 Å². The van der Waals surface area contributed by atoms with Crippen LogP contribution in [0.2, 0.25) is 0 Å². The first-order chi connectivity index (χ1) is 13.4. The summed E-state index contributed by atoms with van der Waals surface area (Å²) in [5.41, 5.74) is 2.84. The van der Waals surface area contributed by atoms with Gasteiger partial charge in [-0.15, -0.1) is 0 Å². The Balaban J connectivity index is 1.37. The Bertz CT molecular complexity index is 990. The number of aromatic nitrogens is 3. The van der Waals surface area contributed by atoms with Gasteiger partial charge in [-0.05, 0) is 30.5 Å². The van der Waals surface area contributed by atoms with Crippen LogP contribution in [-0.4, -0.2) is 33.0 Å². The Morgan fingerprint density at radius 1 is 1.32 bits per heavy atom. The largest absolute Gasteiger partial charge is 0.350 e. The number of imidazole rings is 1. The molecule has 1 N–H and O–H groups in total. The highest BCUT2D eigenvalue weighted by Gasteiger charge is 2.35. The lowest BCUT2D eigenvalue weighted by atomic mass is 10.0. The van der Waals surface area contributed by atoms with Gasteiger partial charge in [0.1, 0.15) is 5.01 Å². The second kappa shape index (κ2) is 7.35. The molecule has 4 rings (SSSR count). The molecule has 0 bridgehead atoms. The molecule has 3 heterocycles. The Kier molecular flexibility index (Phi) is 4.89. The van der Waals surface area contributed by atoms with Crippen LogP contribution in [-0.2, 0) is 16.1 Å². The highest BCUT2D eigenvalue weighted by atomic mass is 32.1. The normalized spacial score (nSPS) is 17.1. The third-order valence-electron chi connectivity index (χ3n) is 5.01. The van der Waals surface area contributed by atoms with Gasteiger partial charge in [-0.25, -0.2) is 9.50 Å². The molecule has 8 heteroatoms. The van der Waals surface area contributed by atoms with Crippen molar-refractivity contribution in [1.29, 1.82) is 0 Å². The Labute approximate surface area is 167 Å². The smallest absolute Gasteiger partial charge is 0.227 e. The maximum absolute atomic E-state index is 12.6. The Morgan fingerprint density at radius 3 is 2.75 bits per heavy atom. The van der Waals surface area contributed by atoms with E-state index in [1.807, 2.05) is 37.4 Å². The third-order valence-corrected chi connectivity index (χ3v) is 5.84. The second-order valence-electron chi connectivity index (χ2n) is 7.45. The fourth-order valence-electron chi connectivity index (χ4n) is 3.42. The van der Waals surface area contributed by atoms with Crippen molar-refractivity contribution in [3.63, 3.8) is 0 Å². The van der Waals surface area contributed by atoms with Crippen LogP contribution in [0.15, 0.2) is 30.5 Å². The molecule has 28 heavy (non-hydrogen) atoms. The van der Waals surface area contributed by atoms with Crippen molar-refractivity contribution >= 4 is 33.8 Å². The van der Waals surface area contributed by atoms with Crippen molar-refractivity contribution < 1.29 is 9.59 Å². The molecule has 1 unspecified atom stereocenters. The number of carbonyl (C=O) groups excluding carboxylic acids is 2. The molecule has 0 aliphatic carbocycles. The zero-order valence-corrected chi connectivity index (χ0v) is 17.0. The summed E-state index contributed by atoms with van der Waals surface area (Å²) in [6.45, 7) is 6.95. The molecular weight excluding hydrogens is 374 g/mol. The van der Waals surface area contributed by atoms with E-state index in [0.717, 1.165) is 21.3 Å². The van der Waals surface area contributed by atoms with Crippen molar-refractivity contribution in [2.24, 2.45) is 5.92 Å². The number of aryl methyl sites for hydroxylation is 1. The maximum atomic E-state index is 12.6. The lowest BCUT2D eigenvalue weighted by Crippen LogP contribution is -2.32. The van der Waals surface area contributed by atoms with Gasteiger partial charge in [0.05, 0.1) is 24.4 Å². The van der Waals surface area contributed by atoms with E-state index in [1.165, 1.54) is 16.9 Å². The number of anilines is 1. The number of benzene rings is 1. The molecule has 1 fully saturated rings. The number of carbonyl (C=O) groups is 2. The minimum atomic E-state index is -0.346. The lowest BCUT2D eigenvalue weighted by molar-refractivity contribution is -0.126. The fourth-order valence-corrected chi connectivity index (χ4v) is 4.17. The summed E-state index contributed by atoms with van der Waals surface area (Å²) in [7, 11) is 0. The molecule has 0 spiro atoms. The van der Waals surface area contributed by atoms with E-state index < -0.39 is 0 Å². The van der Waals surface area contributed by atoms with Crippen LogP contribution in [0.4, 0.5) is 5.69 Å². The first-order valence-corrected chi connectivity index (χ1v) is 10.2.